The smallest absolute Gasteiger partial charge is 0.325 e. The number of aromatic amines is 1. The predicted octanol–water partition coefficient (Wildman–Crippen LogP) is 3.12. The molecule has 0 aliphatic carbocycles. The van der Waals surface area contributed by atoms with Crippen LogP contribution in [0.4, 0.5) is 4.79 Å². The topological polar surface area (TPSA) is 78.1 Å². The van der Waals surface area contributed by atoms with Crippen LogP contribution in [0.3, 0.4) is 0 Å². The minimum atomic E-state index is -0.797. The molecular weight excluding hydrogens is 348 g/mol. The number of imidazole rings is 1. The quantitative estimate of drug-likeness (QED) is 0.445. The van der Waals surface area contributed by atoms with Gasteiger partial charge < -0.3 is 10.3 Å². The third-order valence-electron chi connectivity index (χ3n) is 4.39. The van der Waals surface area contributed by atoms with Gasteiger partial charge in [0.05, 0.1) is 5.69 Å². The van der Waals surface area contributed by atoms with Gasteiger partial charge in [0.1, 0.15) is 5.54 Å². The van der Waals surface area contributed by atoms with Gasteiger partial charge in [-0.1, -0.05) is 42.1 Å². The second-order valence-corrected chi connectivity index (χ2v) is 8.07. The average Bonchev–Trinajstić information content (AvgIpc) is 3.03. The minimum Gasteiger partial charge on any atom is -0.337 e. The van der Waals surface area contributed by atoms with E-state index in [0.717, 1.165) is 35.1 Å². The van der Waals surface area contributed by atoms with Crippen LogP contribution >= 0.6 is 11.8 Å². The molecule has 26 heavy (non-hydrogen) atoms. The Morgan fingerprint density at radius 2 is 1.92 bits per heavy atom. The summed E-state index contributed by atoms with van der Waals surface area (Å²) in [6.45, 7) is 5.91. The van der Waals surface area contributed by atoms with E-state index in [1.54, 1.807) is 25.6 Å². The Balaban J connectivity index is 1.49. The number of rotatable bonds is 7. The number of nitrogens with one attached hydrogen (secondary N) is 2. The molecule has 3 rings (SSSR count). The number of benzene rings is 1. The first-order chi connectivity index (χ1) is 12.4. The van der Waals surface area contributed by atoms with Crippen molar-refractivity contribution in [2.75, 3.05) is 12.3 Å². The first-order valence-electron chi connectivity index (χ1n) is 8.73. The number of thioether (sulfide) groups is 1. The molecule has 3 amide bonds. The molecular formula is C19H24N4O2S. The molecule has 1 saturated heterocycles. The fraction of sp³-hybridized carbons (Fsp3) is 0.421. The molecule has 1 aromatic heterocycles. The van der Waals surface area contributed by atoms with Crippen LogP contribution in [0.15, 0.2) is 35.5 Å². The van der Waals surface area contributed by atoms with Gasteiger partial charge >= 0.3 is 6.03 Å². The Labute approximate surface area is 157 Å². The molecule has 6 nitrogen and oxygen atoms in total. The molecule has 1 aliphatic heterocycles. The molecule has 0 saturated carbocycles. The van der Waals surface area contributed by atoms with Gasteiger partial charge in [-0.25, -0.2) is 9.78 Å². The van der Waals surface area contributed by atoms with Crippen LogP contribution in [0.1, 0.15) is 37.2 Å². The summed E-state index contributed by atoms with van der Waals surface area (Å²) in [5.41, 5.74) is 2.57. The van der Waals surface area contributed by atoms with Crippen LogP contribution < -0.4 is 5.32 Å². The van der Waals surface area contributed by atoms with Crippen molar-refractivity contribution in [3.63, 3.8) is 0 Å². The van der Waals surface area contributed by atoms with Gasteiger partial charge in [0.25, 0.3) is 5.91 Å². The number of amides is 3. The molecule has 2 N–H and O–H groups in total. The number of hydrogen-bond donors (Lipinski definition) is 2. The maximum atomic E-state index is 12.1. The summed E-state index contributed by atoms with van der Waals surface area (Å²) in [5, 5.41) is 3.58. The van der Waals surface area contributed by atoms with Gasteiger partial charge in [0.2, 0.25) is 0 Å². The number of imide groups is 1. The van der Waals surface area contributed by atoms with E-state index >= 15 is 0 Å². The van der Waals surface area contributed by atoms with Crippen LogP contribution in [0.2, 0.25) is 0 Å². The third-order valence-corrected chi connectivity index (χ3v) is 5.35. The van der Waals surface area contributed by atoms with Crippen molar-refractivity contribution in [3.05, 3.63) is 47.3 Å². The Morgan fingerprint density at radius 1 is 1.19 bits per heavy atom. The summed E-state index contributed by atoms with van der Waals surface area (Å²) in [4.78, 5) is 33.3. The van der Waals surface area contributed by atoms with Gasteiger partial charge in [-0.05, 0) is 32.8 Å². The number of nitrogens with zero attached hydrogens (tertiary/aromatic N) is 2. The number of aromatic nitrogens is 2. The Hall–Kier alpha value is -2.28. The number of carbonyl (C=O) groups is 2. The van der Waals surface area contributed by atoms with Gasteiger partial charge in [0.15, 0.2) is 5.16 Å². The van der Waals surface area contributed by atoms with E-state index in [9.17, 15) is 9.59 Å². The van der Waals surface area contributed by atoms with Crippen LogP contribution in [-0.4, -0.2) is 44.6 Å². The Morgan fingerprint density at radius 3 is 2.58 bits per heavy atom. The van der Waals surface area contributed by atoms with Gasteiger partial charge in [-0.3, -0.25) is 9.69 Å². The SMILES string of the molecule is Cc1[nH]c(SCCCN2C(=O)NC(C)(C)C2=O)nc1Cc1ccccc1. The van der Waals surface area contributed by atoms with E-state index in [0.29, 0.717) is 6.54 Å². The van der Waals surface area contributed by atoms with Crippen molar-refractivity contribution >= 4 is 23.7 Å². The zero-order chi connectivity index (χ0) is 18.7. The fourth-order valence-corrected chi connectivity index (χ4v) is 3.78. The highest BCUT2D eigenvalue weighted by Gasteiger charge is 2.43. The molecule has 138 valence electrons. The molecule has 2 heterocycles. The highest BCUT2D eigenvalue weighted by atomic mass is 32.2. The predicted molar refractivity (Wildman–Crippen MR) is 102 cm³/mol. The number of hydrogen-bond acceptors (Lipinski definition) is 4. The largest absolute Gasteiger partial charge is 0.337 e. The molecule has 0 unspecified atom stereocenters. The molecule has 2 aromatic rings. The summed E-state index contributed by atoms with van der Waals surface area (Å²) < 4.78 is 0. The maximum absolute atomic E-state index is 12.1. The second-order valence-electron chi connectivity index (χ2n) is 6.99. The maximum Gasteiger partial charge on any atom is 0.325 e. The number of aryl methyl sites for hydroxylation is 1. The van der Waals surface area contributed by atoms with Gasteiger partial charge in [0, 0.05) is 24.4 Å². The van der Waals surface area contributed by atoms with E-state index < -0.39 is 5.54 Å². The van der Waals surface area contributed by atoms with Crippen molar-refractivity contribution in [2.24, 2.45) is 0 Å². The van der Waals surface area contributed by atoms with Gasteiger partial charge in [-0.2, -0.15) is 0 Å². The summed E-state index contributed by atoms with van der Waals surface area (Å²) in [6.07, 6.45) is 1.54. The monoisotopic (exact) mass is 372 g/mol. The Kier molecular flexibility index (Phi) is 5.36. The van der Waals surface area contributed by atoms with E-state index in [2.05, 4.69) is 27.4 Å². The zero-order valence-electron chi connectivity index (χ0n) is 15.3. The molecule has 1 fully saturated rings. The highest BCUT2D eigenvalue weighted by Crippen LogP contribution is 2.21. The first kappa shape index (κ1) is 18.5. The second kappa shape index (κ2) is 7.53. The lowest BCUT2D eigenvalue weighted by atomic mass is 10.1. The number of carbonyl (C=O) groups excluding carboxylic acids is 2. The normalized spacial score (nSPS) is 16.2. The van der Waals surface area contributed by atoms with Crippen molar-refractivity contribution in [2.45, 2.75) is 44.3 Å². The average molecular weight is 372 g/mol. The van der Waals surface area contributed by atoms with Crippen LogP contribution in [-0.2, 0) is 11.2 Å². The third kappa shape index (κ3) is 4.09. The zero-order valence-corrected chi connectivity index (χ0v) is 16.2. The lowest BCUT2D eigenvalue weighted by molar-refractivity contribution is -0.130. The highest BCUT2D eigenvalue weighted by molar-refractivity contribution is 7.99. The lowest BCUT2D eigenvalue weighted by Crippen LogP contribution is -2.40. The molecule has 1 aliphatic rings. The van der Waals surface area contributed by atoms with Crippen molar-refractivity contribution in [3.8, 4) is 0 Å². The number of H-pyrrole nitrogens is 1. The molecule has 0 spiro atoms. The van der Waals surface area contributed by atoms with Crippen molar-refractivity contribution < 1.29 is 9.59 Å². The molecule has 0 radical (unpaired) electrons. The molecule has 0 bridgehead atoms. The summed E-state index contributed by atoms with van der Waals surface area (Å²) >= 11 is 1.62. The van der Waals surface area contributed by atoms with Crippen molar-refractivity contribution in [1.82, 2.24) is 20.2 Å². The van der Waals surface area contributed by atoms with Crippen LogP contribution in [0, 0.1) is 6.92 Å². The Bertz CT molecular complexity index is 801. The van der Waals surface area contributed by atoms with E-state index in [4.69, 9.17) is 0 Å². The summed E-state index contributed by atoms with van der Waals surface area (Å²) in [5.74, 6) is 0.626. The molecule has 0 atom stereocenters. The van der Waals surface area contributed by atoms with E-state index in [1.807, 2.05) is 25.1 Å². The first-order valence-corrected chi connectivity index (χ1v) is 9.72. The van der Waals surface area contributed by atoms with E-state index in [1.165, 1.54) is 10.5 Å². The van der Waals surface area contributed by atoms with Crippen molar-refractivity contribution in [1.29, 1.82) is 0 Å². The fourth-order valence-electron chi connectivity index (χ4n) is 2.91. The van der Waals surface area contributed by atoms with E-state index in [-0.39, 0.29) is 11.9 Å². The number of urea groups is 1. The van der Waals surface area contributed by atoms with Gasteiger partial charge in [-0.15, -0.1) is 0 Å². The standard InChI is InChI=1S/C19H24N4O2S/c1-13-15(12-14-8-5-4-6-9-14)21-17(20-13)26-11-7-10-23-16(24)19(2,3)22-18(23)25/h4-6,8-9H,7,10-12H2,1-3H3,(H,20,21)(H,22,25). The van der Waals surface area contributed by atoms with Crippen LogP contribution in [0.25, 0.3) is 0 Å². The minimum absolute atomic E-state index is 0.161. The molecule has 7 heteroatoms. The summed E-state index contributed by atoms with van der Waals surface area (Å²) in [7, 11) is 0. The lowest BCUT2D eigenvalue weighted by Gasteiger charge is -2.15. The van der Waals surface area contributed by atoms with Crippen LogP contribution in [0.5, 0.6) is 0 Å². The molecule has 1 aromatic carbocycles. The summed E-state index contributed by atoms with van der Waals surface area (Å²) in [6, 6.07) is 9.97.